The van der Waals surface area contributed by atoms with Gasteiger partial charge in [-0.2, -0.15) is 0 Å². The van der Waals surface area contributed by atoms with Gasteiger partial charge in [0, 0.05) is 18.1 Å². The van der Waals surface area contributed by atoms with E-state index in [1.807, 2.05) is 0 Å². The van der Waals surface area contributed by atoms with Gasteiger partial charge >= 0.3 is 0 Å². The largest absolute Gasteiger partial charge is 0.317 e. The summed E-state index contributed by atoms with van der Waals surface area (Å²) in [6.45, 7) is 8.43. The maximum atomic E-state index is 3.44. The second-order valence-electron chi connectivity index (χ2n) is 4.51. The molecule has 0 bridgehead atoms. The van der Waals surface area contributed by atoms with E-state index in [0.29, 0.717) is 5.54 Å². The maximum Gasteiger partial charge on any atom is 0.0248 e. The van der Waals surface area contributed by atoms with Crippen molar-refractivity contribution >= 4 is 0 Å². The molecule has 2 aliphatic heterocycles. The van der Waals surface area contributed by atoms with Crippen molar-refractivity contribution in [3.63, 3.8) is 0 Å². The van der Waals surface area contributed by atoms with Crippen molar-refractivity contribution in [3.05, 3.63) is 0 Å². The first-order valence-corrected chi connectivity index (χ1v) is 5.22. The molecule has 2 saturated heterocycles. The van der Waals surface area contributed by atoms with Crippen LogP contribution in [0.3, 0.4) is 0 Å². The summed E-state index contributed by atoms with van der Waals surface area (Å²) in [4.78, 5) is 2.69. The van der Waals surface area contributed by atoms with E-state index in [1.54, 1.807) is 0 Å². The molecule has 0 aliphatic carbocycles. The van der Waals surface area contributed by atoms with E-state index in [4.69, 9.17) is 0 Å². The molecule has 0 atom stereocenters. The van der Waals surface area contributed by atoms with Gasteiger partial charge in [-0.25, -0.2) is 0 Å². The Morgan fingerprint density at radius 1 is 1.17 bits per heavy atom. The summed E-state index contributed by atoms with van der Waals surface area (Å²) in [5.74, 6) is 0. The van der Waals surface area contributed by atoms with Crippen molar-refractivity contribution in [2.75, 3.05) is 19.6 Å². The van der Waals surface area contributed by atoms with Crippen molar-refractivity contribution in [1.29, 1.82) is 0 Å². The first kappa shape index (κ1) is 8.52. The molecule has 0 radical (unpaired) electrons. The van der Waals surface area contributed by atoms with Crippen LogP contribution in [0.1, 0.15) is 33.1 Å². The Morgan fingerprint density at radius 3 is 2.25 bits per heavy atom. The molecular formula is C10H20N2. The van der Waals surface area contributed by atoms with Gasteiger partial charge in [0.15, 0.2) is 0 Å². The normalized spacial score (nSPS) is 29.2. The molecule has 2 aliphatic rings. The van der Waals surface area contributed by atoms with E-state index < -0.39 is 0 Å². The number of nitrogens with zero attached hydrogens (tertiary/aromatic N) is 1. The summed E-state index contributed by atoms with van der Waals surface area (Å²) in [5, 5.41) is 3.44. The molecule has 2 rings (SSSR count). The molecule has 12 heavy (non-hydrogen) atoms. The summed E-state index contributed by atoms with van der Waals surface area (Å²) in [6.07, 6.45) is 4.17. The van der Waals surface area contributed by atoms with Crippen molar-refractivity contribution in [2.24, 2.45) is 0 Å². The van der Waals surface area contributed by atoms with Gasteiger partial charge in [-0.15, -0.1) is 0 Å². The fourth-order valence-electron chi connectivity index (χ4n) is 2.79. The van der Waals surface area contributed by atoms with Crippen LogP contribution in [-0.2, 0) is 0 Å². The number of rotatable bonds is 1. The zero-order valence-electron chi connectivity index (χ0n) is 8.27. The molecule has 2 heterocycles. The van der Waals surface area contributed by atoms with Crippen LogP contribution in [0, 0.1) is 0 Å². The molecule has 70 valence electrons. The summed E-state index contributed by atoms with van der Waals surface area (Å²) in [7, 11) is 0. The SMILES string of the molecule is CC(C)N1CCC12CCNCC2. The Hall–Kier alpha value is -0.0800. The van der Waals surface area contributed by atoms with Gasteiger partial charge in [0.1, 0.15) is 0 Å². The molecule has 2 fully saturated rings. The number of hydrogen-bond donors (Lipinski definition) is 1. The Kier molecular flexibility index (Phi) is 2.13. The molecule has 2 nitrogen and oxygen atoms in total. The molecule has 1 N–H and O–H groups in total. The quantitative estimate of drug-likeness (QED) is 0.633. The topological polar surface area (TPSA) is 15.3 Å². The molecule has 0 aromatic heterocycles. The Bertz CT molecular complexity index is 159. The molecule has 0 aromatic rings. The zero-order chi connectivity index (χ0) is 8.60. The van der Waals surface area contributed by atoms with Crippen molar-refractivity contribution in [1.82, 2.24) is 10.2 Å². The lowest BCUT2D eigenvalue weighted by Gasteiger charge is -2.57. The first-order chi connectivity index (χ1) is 5.75. The van der Waals surface area contributed by atoms with Crippen LogP contribution < -0.4 is 5.32 Å². The average molecular weight is 168 g/mol. The van der Waals surface area contributed by atoms with E-state index in [-0.39, 0.29) is 0 Å². The van der Waals surface area contributed by atoms with Crippen LogP contribution in [0.15, 0.2) is 0 Å². The average Bonchev–Trinajstić information content (AvgIpc) is 2.03. The van der Waals surface area contributed by atoms with Gasteiger partial charge in [-0.1, -0.05) is 0 Å². The molecule has 0 amide bonds. The summed E-state index contributed by atoms with van der Waals surface area (Å²) >= 11 is 0. The second kappa shape index (κ2) is 3.00. The Labute approximate surface area is 75.3 Å². The van der Waals surface area contributed by atoms with Gasteiger partial charge in [-0.05, 0) is 46.2 Å². The van der Waals surface area contributed by atoms with Gasteiger partial charge in [0.2, 0.25) is 0 Å². The standard InChI is InChI=1S/C10H20N2/c1-9(2)12-8-5-10(12)3-6-11-7-4-10/h9,11H,3-8H2,1-2H3. The minimum atomic E-state index is 0.611. The number of piperidine rings is 1. The van der Waals surface area contributed by atoms with Crippen molar-refractivity contribution < 1.29 is 0 Å². The highest BCUT2D eigenvalue weighted by Crippen LogP contribution is 2.39. The third-order valence-corrected chi connectivity index (χ3v) is 3.58. The van der Waals surface area contributed by atoms with Gasteiger partial charge in [0.25, 0.3) is 0 Å². The fourth-order valence-corrected chi connectivity index (χ4v) is 2.79. The van der Waals surface area contributed by atoms with Gasteiger partial charge < -0.3 is 5.32 Å². The van der Waals surface area contributed by atoms with Gasteiger partial charge in [0.05, 0.1) is 0 Å². The monoisotopic (exact) mass is 168 g/mol. The molecule has 0 unspecified atom stereocenters. The summed E-state index contributed by atoms with van der Waals surface area (Å²) < 4.78 is 0. The summed E-state index contributed by atoms with van der Waals surface area (Å²) in [6, 6.07) is 0.747. The minimum Gasteiger partial charge on any atom is -0.317 e. The van der Waals surface area contributed by atoms with Crippen LogP contribution in [0.2, 0.25) is 0 Å². The highest BCUT2D eigenvalue weighted by atomic mass is 15.3. The highest BCUT2D eigenvalue weighted by molar-refractivity contribution is 5.03. The highest BCUT2D eigenvalue weighted by Gasteiger charge is 2.45. The lowest BCUT2D eigenvalue weighted by atomic mass is 9.76. The number of hydrogen-bond acceptors (Lipinski definition) is 2. The summed E-state index contributed by atoms with van der Waals surface area (Å²) in [5.41, 5.74) is 0.611. The third-order valence-electron chi connectivity index (χ3n) is 3.58. The third kappa shape index (κ3) is 1.17. The second-order valence-corrected chi connectivity index (χ2v) is 4.51. The smallest absolute Gasteiger partial charge is 0.0248 e. The predicted octanol–water partition coefficient (Wildman–Crippen LogP) is 1.22. The van der Waals surface area contributed by atoms with Crippen LogP contribution >= 0.6 is 0 Å². The number of likely N-dealkylation sites (tertiary alicyclic amines) is 1. The van der Waals surface area contributed by atoms with Crippen LogP contribution in [0.25, 0.3) is 0 Å². The van der Waals surface area contributed by atoms with E-state index in [0.717, 1.165) is 6.04 Å². The van der Waals surface area contributed by atoms with Gasteiger partial charge in [-0.3, -0.25) is 4.90 Å². The van der Waals surface area contributed by atoms with Crippen LogP contribution in [-0.4, -0.2) is 36.1 Å². The van der Waals surface area contributed by atoms with E-state index >= 15 is 0 Å². The van der Waals surface area contributed by atoms with Crippen molar-refractivity contribution in [2.45, 2.75) is 44.7 Å². The van der Waals surface area contributed by atoms with Crippen LogP contribution in [0.4, 0.5) is 0 Å². The lowest BCUT2D eigenvalue weighted by Crippen LogP contribution is -2.65. The Balaban J connectivity index is 2.00. The number of nitrogens with one attached hydrogen (secondary N) is 1. The maximum absolute atomic E-state index is 3.44. The molecular weight excluding hydrogens is 148 g/mol. The zero-order valence-corrected chi connectivity index (χ0v) is 8.27. The lowest BCUT2D eigenvalue weighted by molar-refractivity contribution is -0.0595. The molecule has 1 spiro atoms. The minimum absolute atomic E-state index is 0.611. The fraction of sp³-hybridized carbons (Fsp3) is 1.00. The van der Waals surface area contributed by atoms with Crippen molar-refractivity contribution in [3.8, 4) is 0 Å². The predicted molar refractivity (Wildman–Crippen MR) is 51.3 cm³/mol. The molecule has 0 aromatic carbocycles. The van der Waals surface area contributed by atoms with E-state index in [9.17, 15) is 0 Å². The van der Waals surface area contributed by atoms with E-state index in [1.165, 1.54) is 38.9 Å². The molecule has 2 heteroatoms. The molecule has 0 saturated carbocycles. The Morgan fingerprint density at radius 2 is 1.83 bits per heavy atom. The first-order valence-electron chi connectivity index (χ1n) is 5.22. The van der Waals surface area contributed by atoms with E-state index in [2.05, 4.69) is 24.1 Å². The van der Waals surface area contributed by atoms with Crippen LogP contribution in [0.5, 0.6) is 0 Å².